The van der Waals surface area contributed by atoms with Crippen molar-refractivity contribution in [1.29, 1.82) is 0 Å². The highest BCUT2D eigenvalue weighted by atomic mass is 16.5. The van der Waals surface area contributed by atoms with Crippen molar-refractivity contribution in [3.8, 4) is 11.5 Å². The van der Waals surface area contributed by atoms with E-state index in [9.17, 15) is 9.59 Å². The fraction of sp³-hybridized carbons (Fsp3) is 0.562. The summed E-state index contributed by atoms with van der Waals surface area (Å²) >= 11 is 0. The number of amides is 1. The van der Waals surface area contributed by atoms with E-state index in [1.54, 1.807) is 20.3 Å². The molecule has 2 saturated carbocycles. The number of rotatable bonds is 6. The maximum Gasteiger partial charge on any atom is 0.251 e. The Morgan fingerprint density at radius 3 is 2.16 bits per heavy atom. The summed E-state index contributed by atoms with van der Waals surface area (Å²) in [6, 6.07) is 13.0. The van der Waals surface area contributed by atoms with Crippen LogP contribution in [0, 0.1) is 35.0 Å². The van der Waals surface area contributed by atoms with Crippen molar-refractivity contribution in [2.75, 3.05) is 14.2 Å². The highest BCUT2D eigenvalue weighted by Gasteiger charge is 2.65. The van der Waals surface area contributed by atoms with Crippen molar-refractivity contribution >= 4 is 11.7 Å². The average Bonchev–Trinajstić information content (AvgIpc) is 2.86. The monoisotopic (exact) mass is 505 g/mol. The highest BCUT2D eigenvalue weighted by molar-refractivity contribution is 6.00. The van der Waals surface area contributed by atoms with Crippen LogP contribution >= 0.6 is 0 Å². The van der Waals surface area contributed by atoms with Crippen molar-refractivity contribution in [3.05, 3.63) is 59.2 Å². The minimum atomic E-state index is -0.259. The molecule has 0 heterocycles. The molecule has 0 unspecified atom stereocenters. The first-order valence-corrected chi connectivity index (χ1v) is 13.5. The highest BCUT2D eigenvalue weighted by Crippen LogP contribution is 2.69. The Kier molecular flexibility index (Phi) is 7.22. The van der Waals surface area contributed by atoms with Gasteiger partial charge in [0.25, 0.3) is 5.91 Å². The molecule has 0 bridgehead atoms. The Balaban J connectivity index is 1.80. The number of methoxy groups -OCH3 is 2. The van der Waals surface area contributed by atoms with Crippen molar-refractivity contribution < 1.29 is 19.1 Å². The first-order valence-electron chi connectivity index (χ1n) is 13.5. The first kappa shape index (κ1) is 27.2. The third-order valence-corrected chi connectivity index (χ3v) is 10.4. The quantitative estimate of drug-likeness (QED) is 0.435. The number of Topliss-reactive ketones (excluding diaryl/α,β-unsaturated/α-hetero) is 1. The van der Waals surface area contributed by atoms with Gasteiger partial charge in [-0.1, -0.05) is 59.2 Å². The molecule has 200 valence electrons. The molecule has 2 fully saturated rings. The molecule has 2 aliphatic carbocycles. The average molecular weight is 506 g/mol. The maximum atomic E-state index is 14.5. The normalized spacial score (nSPS) is 30.6. The maximum absolute atomic E-state index is 14.5. The van der Waals surface area contributed by atoms with Gasteiger partial charge < -0.3 is 14.8 Å². The van der Waals surface area contributed by atoms with Crippen LogP contribution in [0.1, 0.15) is 86.6 Å². The lowest BCUT2D eigenvalue weighted by Gasteiger charge is -2.67. The van der Waals surface area contributed by atoms with Crippen LogP contribution in [-0.2, 0) is 0 Å². The van der Waals surface area contributed by atoms with Gasteiger partial charge in [0.15, 0.2) is 5.78 Å². The van der Waals surface area contributed by atoms with Crippen LogP contribution in [0.4, 0.5) is 0 Å². The Morgan fingerprint density at radius 2 is 1.57 bits per heavy atom. The Morgan fingerprint density at radius 1 is 0.946 bits per heavy atom. The van der Waals surface area contributed by atoms with E-state index in [1.165, 1.54) is 0 Å². The first-order chi connectivity index (χ1) is 17.4. The lowest BCUT2D eigenvalue weighted by molar-refractivity contribution is -0.163. The summed E-state index contributed by atoms with van der Waals surface area (Å²) in [7, 11) is 3.21. The molecule has 1 N–H and O–H groups in total. The molecule has 5 atom stereocenters. The third kappa shape index (κ3) is 4.45. The fourth-order valence-corrected chi connectivity index (χ4v) is 7.58. The molecule has 0 aromatic heterocycles. The molecule has 37 heavy (non-hydrogen) atoms. The van der Waals surface area contributed by atoms with Gasteiger partial charge in [0.05, 0.1) is 14.2 Å². The lowest BCUT2D eigenvalue weighted by Crippen LogP contribution is -2.65. The molecule has 0 radical (unpaired) electrons. The molecule has 0 saturated heterocycles. The summed E-state index contributed by atoms with van der Waals surface area (Å²) in [6.07, 6.45) is 4.05. The molecule has 0 aliphatic heterocycles. The third-order valence-electron chi connectivity index (χ3n) is 10.4. The predicted octanol–water partition coefficient (Wildman–Crippen LogP) is 6.87. The molecule has 5 heteroatoms. The molecular weight excluding hydrogens is 462 g/mol. The van der Waals surface area contributed by atoms with Gasteiger partial charge in [0.1, 0.15) is 11.5 Å². The van der Waals surface area contributed by atoms with Gasteiger partial charge in [0, 0.05) is 29.2 Å². The van der Waals surface area contributed by atoms with Gasteiger partial charge in [-0.15, -0.1) is 0 Å². The zero-order chi connectivity index (χ0) is 27.2. The standard InChI is InChI=1S/C32H43NO4/c1-20-12-9-10-13-25(20)29(35)33-26-19-32(6)30(3,4)14-11-15-31(32,5)27(21(26)2)28(34)22-16-23(36-7)18-24(17-22)37-8/h9-10,12-13,16-18,21,26-27H,11,14-15,19H2,1-8H3,(H,33,35)/t21-,26-,27-,31-,32+/m1/s1. The summed E-state index contributed by atoms with van der Waals surface area (Å²) in [5, 5.41) is 3.38. The largest absolute Gasteiger partial charge is 0.497 e. The topological polar surface area (TPSA) is 64.6 Å². The second-order valence-corrected chi connectivity index (χ2v) is 12.4. The van der Waals surface area contributed by atoms with Crippen LogP contribution in [-0.4, -0.2) is 32.0 Å². The number of hydrogen-bond acceptors (Lipinski definition) is 4. The van der Waals surface area contributed by atoms with E-state index >= 15 is 0 Å². The number of hydrogen-bond donors (Lipinski definition) is 1. The van der Waals surface area contributed by atoms with Crippen molar-refractivity contribution in [2.45, 2.75) is 73.3 Å². The summed E-state index contributed by atoms with van der Waals surface area (Å²) < 4.78 is 11.0. The minimum absolute atomic E-state index is 0.0242. The number of fused-ring (bicyclic) bond motifs is 1. The van der Waals surface area contributed by atoms with Gasteiger partial charge in [-0.25, -0.2) is 0 Å². The summed E-state index contributed by atoms with van der Waals surface area (Å²) in [6.45, 7) is 13.5. The summed E-state index contributed by atoms with van der Waals surface area (Å²) in [5.74, 6) is 0.949. The number of ether oxygens (including phenoxy) is 2. The van der Waals surface area contributed by atoms with E-state index in [-0.39, 0.29) is 45.8 Å². The van der Waals surface area contributed by atoms with Crippen LogP contribution in [0.3, 0.4) is 0 Å². The van der Waals surface area contributed by atoms with Crippen LogP contribution in [0.25, 0.3) is 0 Å². The van der Waals surface area contributed by atoms with E-state index in [0.29, 0.717) is 22.6 Å². The van der Waals surface area contributed by atoms with Crippen molar-refractivity contribution in [2.24, 2.45) is 28.1 Å². The zero-order valence-corrected chi connectivity index (χ0v) is 23.7. The Bertz CT molecular complexity index is 1160. The van der Waals surface area contributed by atoms with Crippen LogP contribution in [0.15, 0.2) is 42.5 Å². The Labute approximate surface area is 222 Å². The fourth-order valence-electron chi connectivity index (χ4n) is 7.58. The van der Waals surface area contributed by atoms with Crippen molar-refractivity contribution in [3.63, 3.8) is 0 Å². The number of carbonyl (C=O) groups is 2. The number of aryl methyl sites for hydroxylation is 1. The van der Waals surface area contributed by atoms with E-state index in [0.717, 1.165) is 31.2 Å². The van der Waals surface area contributed by atoms with Gasteiger partial charge >= 0.3 is 0 Å². The number of nitrogens with one attached hydrogen (secondary N) is 1. The summed E-state index contributed by atoms with van der Waals surface area (Å²) in [4.78, 5) is 28.0. The number of benzene rings is 2. The molecule has 5 nitrogen and oxygen atoms in total. The van der Waals surface area contributed by atoms with Crippen LogP contribution < -0.4 is 14.8 Å². The molecule has 4 rings (SSSR count). The van der Waals surface area contributed by atoms with E-state index in [4.69, 9.17) is 9.47 Å². The molecule has 2 aromatic rings. The number of carbonyl (C=O) groups excluding carboxylic acids is 2. The number of ketones is 1. The van der Waals surface area contributed by atoms with E-state index in [2.05, 4.69) is 39.9 Å². The van der Waals surface area contributed by atoms with E-state index in [1.807, 2.05) is 43.3 Å². The molecule has 0 spiro atoms. The zero-order valence-electron chi connectivity index (χ0n) is 23.7. The van der Waals surface area contributed by atoms with Gasteiger partial charge in [-0.05, 0) is 72.1 Å². The molecular formula is C32H43NO4. The minimum Gasteiger partial charge on any atom is -0.497 e. The van der Waals surface area contributed by atoms with Gasteiger partial charge in [-0.2, -0.15) is 0 Å². The Hall–Kier alpha value is -2.82. The molecule has 1 amide bonds. The van der Waals surface area contributed by atoms with Crippen molar-refractivity contribution in [1.82, 2.24) is 5.32 Å². The second kappa shape index (κ2) is 9.81. The molecule has 2 aromatic carbocycles. The SMILES string of the molecule is COc1cc(OC)cc(C(=O)[C@H]2[C@H](C)[C@H](NC(=O)c3ccccc3C)C[C@@]3(C)C(C)(C)CCC[C@]23C)c1. The van der Waals surface area contributed by atoms with Gasteiger partial charge in [-0.3, -0.25) is 9.59 Å². The smallest absolute Gasteiger partial charge is 0.251 e. The second-order valence-electron chi connectivity index (χ2n) is 12.4. The van der Waals surface area contributed by atoms with Crippen LogP contribution in [0.5, 0.6) is 11.5 Å². The molecule has 2 aliphatic rings. The summed E-state index contributed by atoms with van der Waals surface area (Å²) in [5.41, 5.74) is 1.91. The van der Waals surface area contributed by atoms with E-state index < -0.39 is 0 Å². The van der Waals surface area contributed by atoms with Crippen LogP contribution in [0.2, 0.25) is 0 Å². The lowest BCUT2D eigenvalue weighted by atomic mass is 9.38. The van der Waals surface area contributed by atoms with Gasteiger partial charge in [0.2, 0.25) is 0 Å². The predicted molar refractivity (Wildman–Crippen MR) is 147 cm³/mol.